The van der Waals surface area contributed by atoms with Gasteiger partial charge in [-0.15, -0.1) is 0 Å². The monoisotopic (exact) mass is 198 g/mol. The van der Waals surface area contributed by atoms with E-state index in [1.807, 2.05) is 0 Å². The van der Waals surface area contributed by atoms with Gasteiger partial charge < -0.3 is 0 Å². The minimum Gasteiger partial charge on any atom is -0.297 e. The van der Waals surface area contributed by atoms with Gasteiger partial charge in [-0.1, -0.05) is 0 Å². The van der Waals surface area contributed by atoms with Gasteiger partial charge in [0.05, 0.1) is 11.5 Å². The lowest BCUT2D eigenvalue weighted by molar-refractivity contribution is -0.135. The molecule has 0 aromatic rings. The molecule has 70 valence electrons. The van der Waals surface area contributed by atoms with E-state index in [0.717, 1.165) is 0 Å². The molecule has 1 saturated heterocycles. The average molecular weight is 198 g/mol. The first-order chi connectivity index (χ1) is 5.37. The molecule has 1 atom stereocenters. The number of hydrogen-bond donors (Lipinski definition) is 0. The van der Waals surface area contributed by atoms with Crippen LogP contribution in [0.2, 0.25) is 0 Å². The van der Waals surface area contributed by atoms with Crippen LogP contribution in [0.4, 0.5) is 8.78 Å². The van der Waals surface area contributed by atoms with Crippen LogP contribution in [0.1, 0.15) is 6.42 Å². The predicted molar refractivity (Wildman–Crippen MR) is 37.8 cm³/mol. The Labute approximate surface area is 68.7 Å². The molecule has 1 aliphatic rings. The van der Waals surface area contributed by atoms with Gasteiger partial charge in [-0.25, -0.2) is 8.42 Å². The molecule has 0 amide bonds. The van der Waals surface area contributed by atoms with E-state index in [-0.39, 0.29) is 12.2 Å². The van der Waals surface area contributed by atoms with Gasteiger partial charge in [-0.05, 0) is 6.42 Å². The zero-order chi connectivity index (χ0) is 9.41. The second-order valence-electron chi connectivity index (χ2n) is 2.89. The van der Waals surface area contributed by atoms with Crippen molar-refractivity contribution >= 4 is 16.1 Å². The van der Waals surface area contributed by atoms with E-state index in [9.17, 15) is 22.0 Å². The number of aldehydes is 1. The van der Waals surface area contributed by atoms with Crippen LogP contribution < -0.4 is 0 Å². The number of rotatable bonds is 2. The van der Waals surface area contributed by atoms with Crippen molar-refractivity contribution in [3.63, 3.8) is 0 Å². The molecule has 0 aromatic heterocycles. The van der Waals surface area contributed by atoms with E-state index in [4.69, 9.17) is 0 Å². The Morgan fingerprint density at radius 1 is 1.42 bits per heavy atom. The maximum Gasteiger partial charge on any atom is 0.306 e. The largest absolute Gasteiger partial charge is 0.306 e. The van der Waals surface area contributed by atoms with Crippen molar-refractivity contribution in [3.05, 3.63) is 0 Å². The fraction of sp³-hybridized carbons (Fsp3) is 0.833. The van der Waals surface area contributed by atoms with Crippen LogP contribution in [0.15, 0.2) is 0 Å². The van der Waals surface area contributed by atoms with E-state index in [1.165, 1.54) is 0 Å². The summed E-state index contributed by atoms with van der Waals surface area (Å²) < 4.78 is 46.6. The number of sulfone groups is 1. The third kappa shape index (κ3) is 1.80. The summed E-state index contributed by atoms with van der Waals surface area (Å²) in [6.45, 7) is 0. The number of carbonyl (C=O) groups excluding carboxylic acids is 1. The van der Waals surface area contributed by atoms with E-state index in [2.05, 4.69) is 0 Å². The van der Waals surface area contributed by atoms with Crippen LogP contribution in [-0.2, 0) is 14.6 Å². The highest BCUT2D eigenvalue weighted by atomic mass is 32.2. The summed E-state index contributed by atoms with van der Waals surface area (Å²) in [6.07, 6.45) is -0.591. The Morgan fingerprint density at radius 3 is 2.33 bits per heavy atom. The lowest BCUT2D eigenvalue weighted by Crippen LogP contribution is -2.30. The summed E-state index contributed by atoms with van der Waals surface area (Å²) in [5.74, 6) is -5.61. The van der Waals surface area contributed by atoms with Crippen molar-refractivity contribution in [1.29, 1.82) is 0 Å². The molecule has 0 spiro atoms. The summed E-state index contributed by atoms with van der Waals surface area (Å²) in [6, 6.07) is 0. The maximum atomic E-state index is 12.6. The third-order valence-corrected chi connectivity index (χ3v) is 3.70. The van der Waals surface area contributed by atoms with E-state index < -0.39 is 33.7 Å². The third-order valence-electron chi connectivity index (χ3n) is 1.93. The van der Waals surface area contributed by atoms with E-state index in [0.29, 0.717) is 0 Å². The van der Waals surface area contributed by atoms with Crippen LogP contribution in [0.5, 0.6) is 0 Å². The highest BCUT2D eigenvalue weighted by Crippen LogP contribution is 2.31. The Hall–Kier alpha value is -0.520. The molecule has 1 rings (SSSR count). The average Bonchev–Trinajstić information content (AvgIpc) is 2.31. The molecule has 1 unspecified atom stereocenters. The standard InChI is InChI=1S/C6H8F2O3S/c7-6(8,4-9)5-1-2-12(10,11)3-5/h4-5H,1-3H2. The number of hydrogen-bond acceptors (Lipinski definition) is 3. The first-order valence-electron chi connectivity index (χ1n) is 3.42. The first kappa shape index (κ1) is 9.57. The fourth-order valence-electron chi connectivity index (χ4n) is 1.19. The summed E-state index contributed by atoms with van der Waals surface area (Å²) in [4.78, 5) is 9.88. The fourth-order valence-corrected chi connectivity index (χ4v) is 3.01. The van der Waals surface area contributed by atoms with Gasteiger partial charge in [0.15, 0.2) is 16.1 Å². The second kappa shape index (κ2) is 2.76. The van der Waals surface area contributed by atoms with Crippen molar-refractivity contribution in [3.8, 4) is 0 Å². The molecule has 0 saturated carbocycles. The molecule has 1 aliphatic heterocycles. The molecule has 0 N–H and O–H groups in total. The summed E-state index contributed by atoms with van der Waals surface area (Å²) in [5, 5.41) is 0. The van der Waals surface area contributed by atoms with Crippen molar-refractivity contribution < 1.29 is 22.0 Å². The van der Waals surface area contributed by atoms with Gasteiger partial charge in [0, 0.05) is 5.92 Å². The smallest absolute Gasteiger partial charge is 0.297 e. The summed E-state index contributed by atoms with van der Waals surface area (Å²) >= 11 is 0. The highest BCUT2D eigenvalue weighted by molar-refractivity contribution is 7.91. The van der Waals surface area contributed by atoms with Gasteiger partial charge in [-0.3, -0.25) is 4.79 Å². The second-order valence-corrected chi connectivity index (χ2v) is 5.12. The van der Waals surface area contributed by atoms with Crippen molar-refractivity contribution in [2.75, 3.05) is 11.5 Å². The van der Waals surface area contributed by atoms with Crippen molar-refractivity contribution in [2.24, 2.45) is 5.92 Å². The van der Waals surface area contributed by atoms with Gasteiger partial charge in [0.2, 0.25) is 0 Å². The molecule has 1 heterocycles. The van der Waals surface area contributed by atoms with Crippen LogP contribution in [0, 0.1) is 5.92 Å². The van der Waals surface area contributed by atoms with Gasteiger partial charge in [0.1, 0.15) is 0 Å². The lowest BCUT2D eigenvalue weighted by atomic mass is 10.0. The zero-order valence-electron chi connectivity index (χ0n) is 6.16. The number of halogens is 2. The van der Waals surface area contributed by atoms with Gasteiger partial charge in [0.25, 0.3) is 0 Å². The highest BCUT2D eigenvalue weighted by Gasteiger charge is 2.45. The molecular formula is C6H8F2O3S. The normalized spacial score (nSPS) is 28.7. The Kier molecular flexibility index (Phi) is 2.20. The summed E-state index contributed by atoms with van der Waals surface area (Å²) in [7, 11) is -3.33. The Bertz CT molecular complexity index is 283. The Morgan fingerprint density at radius 2 is 2.00 bits per heavy atom. The molecule has 12 heavy (non-hydrogen) atoms. The maximum absolute atomic E-state index is 12.6. The predicted octanol–water partition coefficient (Wildman–Crippen LogP) is 0.255. The molecule has 6 heteroatoms. The quantitative estimate of drug-likeness (QED) is 0.598. The van der Waals surface area contributed by atoms with Gasteiger partial charge in [-0.2, -0.15) is 8.78 Å². The molecular weight excluding hydrogens is 190 g/mol. The van der Waals surface area contributed by atoms with E-state index in [1.54, 1.807) is 0 Å². The topological polar surface area (TPSA) is 51.2 Å². The number of alkyl halides is 2. The summed E-state index contributed by atoms with van der Waals surface area (Å²) in [5.41, 5.74) is 0. The molecule has 0 bridgehead atoms. The van der Waals surface area contributed by atoms with Crippen molar-refractivity contribution in [1.82, 2.24) is 0 Å². The van der Waals surface area contributed by atoms with Crippen LogP contribution >= 0.6 is 0 Å². The molecule has 0 radical (unpaired) electrons. The molecule has 3 nitrogen and oxygen atoms in total. The minimum atomic E-state index is -3.48. The number of carbonyl (C=O) groups is 1. The van der Waals surface area contributed by atoms with Crippen molar-refractivity contribution in [2.45, 2.75) is 12.3 Å². The molecule has 0 aliphatic carbocycles. The van der Waals surface area contributed by atoms with Gasteiger partial charge >= 0.3 is 5.92 Å². The SMILES string of the molecule is O=CC(F)(F)C1CCS(=O)(=O)C1. The van der Waals surface area contributed by atoms with Crippen LogP contribution in [0.25, 0.3) is 0 Å². The Balaban J connectivity index is 2.77. The molecule has 1 fully saturated rings. The first-order valence-corrected chi connectivity index (χ1v) is 5.24. The van der Waals surface area contributed by atoms with Crippen LogP contribution in [0.3, 0.4) is 0 Å². The lowest BCUT2D eigenvalue weighted by Gasteiger charge is -2.14. The molecule has 0 aromatic carbocycles. The minimum absolute atomic E-state index is 0.117. The van der Waals surface area contributed by atoms with E-state index >= 15 is 0 Å². The van der Waals surface area contributed by atoms with Crippen LogP contribution in [-0.4, -0.2) is 32.1 Å². The zero-order valence-corrected chi connectivity index (χ0v) is 6.98.